The van der Waals surface area contributed by atoms with E-state index in [1.807, 2.05) is 6.07 Å². The summed E-state index contributed by atoms with van der Waals surface area (Å²) in [7, 11) is 0. The number of hydrogen-bond acceptors (Lipinski definition) is 3. The van der Waals surface area contributed by atoms with Gasteiger partial charge in [-0.2, -0.15) is 0 Å². The average molecular weight is 425 g/mol. The number of Topliss-reactive ketones (excluding diaryl/α,β-unsaturated/α-hetero) is 1. The van der Waals surface area contributed by atoms with Crippen molar-refractivity contribution >= 4 is 49.0 Å². The van der Waals surface area contributed by atoms with Gasteiger partial charge in [-0.15, -0.1) is 11.3 Å². The topological polar surface area (TPSA) is 20.3 Å². The third kappa shape index (κ3) is 5.24. The van der Waals surface area contributed by atoms with Crippen LogP contribution in [-0.2, 0) is 0 Å². The summed E-state index contributed by atoms with van der Waals surface area (Å²) in [6, 6.07) is 2.40. The van der Waals surface area contributed by atoms with Crippen LogP contribution >= 0.6 is 43.2 Å². The largest absolute Gasteiger partial charge is 0.293 e. The Balaban J connectivity index is 2.83. The van der Waals surface area contributed by atoms with Crippen molar-refractivity contribution in [2.24, 2.45) is 5.92 Å². The van der Waals surface area contributed by atoms with Crippen LogP contribution in [-0.4, -0.2) is 29.8 Å². The van der Waals surface area contributed by atoms with E-state index in [1.165, 1.54) is 0 Å². The van der Waals surface area contributed by atoms with Crippen molar-refractivity contribution in [3.63, 3.8) is 0 Å². The van der Waals surface area contributed by atoms with E-state index >= 15 is 0 Å². The van der Waals surface area contributed by atoms with Crippen molar-refractivity contribution < 1.29 is 4.79 Å². The first-order chi connectivity index (χ1) is 9.38. The minimum absolute atomic E-state index is 0.200. The van der Waals surface area contributed by atoms with Gasteiger partial charge < -0.3 is 0 Å². The molecule has 0 saturated heterocycles. The van der Waals surface area contributed by atoms with E-state index in [0.717, 1.165) is 32.5 Å². The Hall–Kier alpha value is 0.290. The Morgan fingerprint density at radius 2 is 1.90 bits per heavy atom. The molecule has 114 valence electrons. The molecule has 0 radical (unpaired) electrons. The van der Waals surface area contributed by atoms with Crippen LogP contribution in [0.4, 0.5) is 0 Å². The van der Waals surface area contributed by atoms with Crippen LogP contribution in [0.2, 0.25) is 0 Å². The SMILES string of the molecule is CCC(CC)N(CC(=O)c1cc(Br)sc1Br)CC(C)C. The molecular weight excluding hydrogens is 402 g/mol. The number of ketones is 1. The predicted molar refractivity (Wildman–Crippen MR) is 94.8 cm³/mol. The number of carbonyl (C=O) groups excluding carboxylic acids is 1. The van der Waals surface area contributed by atoms with Gasteiger partial charge in [0.15, 0.2) is 5.78 Å². The molecule has 1 rings (SSSR count). The van der Waals surface area contributed by atoms with E-state index < -0.39 is 0 Å². The van der Waals surface area contributed by atoms with Gasteiger partial charge in [0.1, 0.15) is 0 Å². The first-order valence-electron chi connectivity index (χ1n) is 7.11. The Kier molecular flexibility index (Phi) is 7.95. The van der Waals surface area contributed by atoms with E-state index in [1.54, 1.807) is 11.3 Å². The fourth-order valence-electron chi connectivity index (χ4n) is 2.42. The highest BCUT2D eigenvalue weighted by Gasteiger charge is 2.22. The van der Waals surface area contributed by atoms with E-state index in [9.17, 15) is 4.79 Å². The quantitative estimate of drug-likeness (QED) is 0.506. The third-order valence-electron chi connectivity index (χ3n) is 3.36. The van der Waals surface area contributed by atoms with E-state index in [0.29, 0.717) is 18.5 Å². The zero-order valence-electron chi connectivity index (χ0n) is 12.6. The highest BCUT2D eigenvalue weighted by molar-refractivity contribution is 9.12. The summed E-state index contributed by atoms with van der Waals surface area (Å²) in [5.74, 6) is 0.771. The monoisotopic (exact) mass is 423 g/mol. The normalized spacial score (nSPS) is 11.8. The second kappa shape index (κ2) is 8.66. The van der Waals surface area contributed by atoms with Crippen LogP contribution in [0.1, 0.15) is 50.9 Å². The zero-order valence-corrected chi connectivity index (χ0v) is 16.6. The molecule has 0 spiro atoms. The van der Waals surface area contributed by atoms with Crippen molar-refractivity contribution in [2.45, 2.75) is 46.6 Å². The van der Waals surface area contributed by atoms with Crippen molar-refractivity contribution in [3.8, 4) is 0 Å². The van der Waals surface area contributed by atoms with Crippen LogP contribution in [0.3, 0.4) is 0 Å². The number of hydrogen-bond donors (Lipinski definition) is 0. The number of thiophene rings is 1. The molecule has 0 saturated carbocycles. The molecule has 1 heterocycles. The lowest BCUT2D eigenvalue weighted by Gasteiger charge is -2.31. The second-order valence-corrected chi connectivity index (χ2v) is 9.20. The Morgan fingerprint density at radius 3 is 2.30 bits per heavy atom. The number of rotatable bonds is 8. The fourth-order valence-corrected chi connectivity index (χ4v) is 5.27. The van der Waals surface area contributed by atoms with E-state index in [-0.39, 0.29) is 5.78 Å². The van der Waals surface area contributed by atoms with Gasteiger partial charge >= 0.3 is 0 Å². The van der Waals surface area contributed by atoms with Crippen molar-refractivity contribution in [1.82, 2.24) is 4.90 Å². The molecule has 0 N–H and O–H groups in total. The third-order valence-corrected chi connectivity index (χ3v) is 5.70. The molecule has 0 unspecified atom stereocenters. The molecule has 0 fully saturated rings. The summed E-state index contributed by atoms with van der Waals surface area (Å²) >= 11 is 8.47. The molecule has 1 aromatic heterocycles. The summed E-state index contributed by atoms with van der Waals surface area (Å²) in [6.07, 6.45) is 2.18. The maximum absolute atomic E-state index is 12.5. The lowest BCUT2D eigenvalue weighted by molar-refractivity contribution is 0.0865. The summed E-state index contributed by atoms with van der Waals surface area (Å²) in [5, 5.41) is 0. The number of halogens is 2. The smallest absolute Gasteiger partial charge is 0.178 e. The summed E-state index contributed by atoms with van der Waals surface area (Å²) in [4.78, 5) is 14.9. The van der Waals surface area contributed by atoms with Crippen LogP contribution in [0, 0.1) is 5.92 Å². The molecule has 0 amide bonds. The highest BCUT2D eigenvalue weighted by atomic mass is 79.9. The zero-order chi connectivity index (χ0) is 15.3. The summed E-state index contributed by atoms with van der Waals surface area (Å²) in [6.45, 7) is 10.3. The molecule has 0 bridgehead atoms. The van der Waals surface area contributed by atoms with Gasteiger partial charge in [-0.1, -0.05) is 27.7 Å². The van der Waals surface area contributed by atoms with Gasteiger partial charge in [0.2, 0.25) is 0 Å². The van der Waals surface area contributed by atoms with Crippen molar-refractivity contribution in [1.29, 1.82) is 0 Å². The van der Waals surface area contributed by atoms with Gasteiger partial charge in [-0.25, -0.2) is 0 Å². The van der Waals surface area contributed by atoms with Gasteiger partial charge in [-0.3, -0.25) is 9.69 Å². The predicted octanol–water partition coefficient (Wildman–Crippen LogP) is 5.60. The van der Waals surface area contributed by atoms with Crippen molar-refractivity contribution in [3.05, 3.63) is 19.2 Å². The molecule has 0 aromatic carbocycles. The van der Waals surface area contributed by atoms with Gasteiger partial charge in [0.05, 0.1) is 14.1 Å². The molecule has 5 heteroatoms. The Morgan fingerprint density at radius 1 is 1.30 bits per heavy atom. The first kappa shape index (κ1) is 18.3. The number of nitrogens with zero attached hydrogens (tertiary/aromatic N) is 1. The number of carbonyl (C=O) groups is 1. The van der Waals surface area contributed by atoms with Crippen LogP contribution in [0.5, 0.6) is 0 Å². The van der Waals surface area contributed by atoms with Gasteiger partial charge in [0.25, 0.3) is 0 Å². The lowest BCUT2D eigenvalue weighted by Crippen LogP contribution is -2.40. The summed E-state index contributed by atoms with van der Waals surface area (Å²) < 4.78 is 1.91. The standard InChI is InChI=1S/C15H23Br2NOS/c1-5-11(6-2)18(8-10(3)4)9-13(19)12-7-14(16)20-15(12)17/h7,10-11H,5-6,8-9H2,1-4H3. The first-order valence-corrected chi connectivity index (χ1v) is 9.51. The Labute approximate surface area is 143 Å². The molecule has 0 aliphatic heterocycles. The molecule has 1 aromatic rings. The van der Waals surface area contributed by atoms with Gasteiger partial charge in [0, 0.05) is 18.2 Å². The fraction of sp³-hybridized carbons (Fsp3) is 0.667. The maximum atomic E-state index is 12.5. The minimum Gasteiger partial charge on any atom is -0.293 e. The average Bonchev–Trinajstić information content (AvgIpc) is 2.69. The highest BCUT2D eigenvalue weighted by Crippen LogP contribution is 2.32. The second-order valence-electron chi connectivity index (χ2n) is 5.45. The minimum atomic E-state index is 0.200. The van der Waals surface area contributed by atoms with Crippen LogP contribution < -0.4 is 0 Å². The molecular formula is C15H23Br2NOS. The van der Waals surface area contributed by atoms with E-state index in [2.05, 4.69) is 64.5 Å². The Bertz CT molecular complexity index is 441. The van der Waals surface area contributed by atoms with Crippen molar-refractivity contribution in [2.75, 3.05) is 13.1 Å². The molecule has 2 nitrogen and oxygen atoms in total. The van der Waals surface area contributed by atoms with E-state index in [4.69, 9.17) is 0 Å². The van der Waals surface area contributed by atoms with Crippen LogP contribution in [0.15, 0.2) is 13.6 Å². The van der Waals surface area contributed by atoms with Crippen LogP contribution in [0.25, 0.3) is 0 Å². The molecule has 0 aliphatic rings. The molecule has 0 aliphatic carbocycles. The molecule has 0 atom stereocenters. The summed E-state index contributed by atoms with van der Waals surface area (Å²) in [5.41, 5.74) is 0.793. The molecule has 20 heavy (non-hydrogen) atoms. The maximum Gasteiger partial charge on any atom is 0.178 e. The lowest BCUT2D eigenvalue weighted by atomic mass is 10.1. The van der Waals surface area contributed by atoms with Gasteiger partial charge in [-0.05, 0) is 56.7 Å².